The molecule has 0 atom stereocenters. The molecule has 0 spiro atoms. The van der Waals surface area contributed by atoms with Gasteiger partial charge in [0.05, 0.1) is 5.69 Å². The van der Waals surface area contributed by atoms with E-state index in [0.29, 0.717) is 22.2 Å². The minimum absolute atomic E-state index is 0.126. The number of fused-ring (bicyclic) bond motifs is 1. The first kappa shape index (κ1) is 16.8. The van der Waals surface area contributed by atoms with Crippen LogP contribution < -0.4 is 11.3 Å². The molecule has 0 amide bonds. The van der Waals surface area contributed by atoms with Crippen LogP contribution in [0, 0.1) is 0 Å². The average Bonchev–Trinajstić information content (AvgIpc) is 3.24. The molecular formula is C17H16N6OS2. The SMILES string of the molecule is CCc1[nH]n2c(=O)cc(CSc3nnc(N)s3)nc2c1-c1ccccc1. The molecule has 1 aromatic carbocycles. The van der Waals surface area contributed by atoms with Crippen LogP contribution >= 0.6 is 23.1 Å². The molecule has 4 aromatic rings. The van der Waals surface area contributed by atoms with E-state index in [4.69, 9.17) is 10.7 Å². The summed E-state index contributed by atoms with van der Waals surface area (Å²) in [6.45, 7) is 2.05. The lowest BCUT2D eigenvalue weighted by molar-refractivity contribution is 0.851. The lowest BCUT2D eigenvalue weighted by atomic mass is 10.0. The van der Waals surface area contributed by atoms with Gasteiger partial charge in [0, 0.05) is 23.1 Å². The van der Waals surface area contributed by atoms with E-state index < -0.39 is 0 Å². The number of anilines is 1. The molecule has 26 heavy (non-hydrogen) atoms. The molecule has 3 aromatic heterocycles. The maximum Gasteiger partial charge on any atom is 0.272 e. The van der Waals surface area contributed by atoms with Crippen LogP contribution in [0.15, 0.2) is 45.5 Å². The zero-order valence-corrected chi connectivity index (χ0v) is 15.6. The number of benzene rings is 1. The molecule has 0 saturated heterocycles. The quantitative estimate of drug-likeness (QED) is 0.513. The molecule has 3 N–H and O–H groups in total. The Labute approximate surface area is 157 Å². The lowest BCUT2D eigenvalue weighted by Gasteiger charge is -2.03. The molecule has 0 fully saturated rings. The molecule has 0 aliphatic carbocycles. The van der Waals surface area contributed by atoms with Gasteiger partial charge < -0.3 is 5.73 Å². The van der Waals surface area contributed by atoms with Gasteiger partial charge in [0.2, 0.25) is 5.13 Å². The van der Waals surface area contributed by atoms with Crippen molar-refractivity contribution in [1.82, 2.24) is 24.8 Å². The molecular weight excluding hydrogens is 368 g/mol. The summed E-state index contributed by atoms with van der Waals surface area (Å²) in [5.74, 6) is 0.529. The minimum atomic E-state index is -0.126. The van der Waals surface area contributed by atoms with Crippen molar-refractivity contribution in [3.63, 3.8) is 0 Å². The number of nitrogens with two attached hydrogens (primary N) is 1. The van der Waals surface area contributed by atoms with Crippen LogP contribution in [0.5, 0.6) is 0 Å². The fraction of sp³-hybridized carbons (Fsp3) is 0.176. The predicted molar refractivity (Wildman–Crippen MR) is 105 cm³/mol. The predicted octanol–water partition coefficient (Wildman–Crippen LogP) is 2.98. The number of rotatable bonds is 5. The van der Waals surface area contributed by atoms with Crippen LogP contribution in [0.2, 0.25) is 0 Å². The van der Waals surface area contributed by atoms with Crippen LogP contribution in [-0.4, -0.2) is 24.8 Å². The lowest BCUT2D eigenvalue weighted by Crippen LogP contribution is -2.15. The van der Waals surface area contributed by atoms with Crippen molar-refractivity contribution in [3.8, 4) is 11.1 Å². The third kappa shape index (κ3) is 3.11. The summed E-state index contributed by atoms with van der Waals surface area (Å²) in [4.78, 5) is 17.3. The highest BCUT2D eigenvalue weighted by Crippen LogP contribution is 2.29. The summed E-state index contributed by atoms with van der Waals surface area (Å²) in [5, 5.41) is 11.4. The summed E-state index contributed by atoms with van der Waals surface area (Å²) in [7, 11) is 0. The van der Waals surface area contributed by atoms with Crippen molar-refractivity contribution in [3.05, 3.63) is 58.1 Å². The number of H-pyrrole nitrogens is 1. The highest BCUT2D eigenvalue weighted by Gasteiger charge is 2.16. The Morgan fingerprint density at radius 2 is 2.08 bits per heavy atom. The van der Waals surface area contributed by atoms with E-state index in [1.54, 1.807) is 6.07 Å². The molecule has 0 bridgehead atoms. The number of aromatic amines is 1. The van der Waals surface area contributed by atoms with E-state index in [2.05, 4.69) is 22.2 Å². The van der Waals surface area contributed by atoms with Crippen molar-refractivity contribution in [2.24, 2.45) is 0 Å². The number of nitrogens with one attached hydrogen (secondary N) is 1. The van der Waals surface area contributed by atoms with Crippen LogP contribution in [-0.2, 0) is 12.2 Å². The molecule has 0 saturated carbocycles. The fourth-order valence-electron chi connectivity index (χ4n) is 2.78. The van der Waals surface area contributed by atoms with E-state index in [-0.39, 0.29) is 5.56 Å². The largest absolute Gasteiger partial charge is 0.374 e. The van der Waals surface area contributed by atoms with Gasteiger partial charge in [-0.15, -0.1) is 10.2 Å². The van der Waals surface area contributed by atoms with Gasteiger partial charge in [-0.25, -0.2) is 9.50 Å². The highest BCUT2D eigenvalue weighted by atomic mass is 32.2. The molecule has 3 heterocycles. The van der Waals surface area contributed by atoms with Gasteiger partial charge in [0.1, 0.15) is 0 Å². The summed E-state index contributed by atoms with van der Waals surface area (Å²) < 4.78 is 2.27. The number of aryl methyl sites for hydroxylation is 1. The topological polar surface area (TPSA) is 102 Å². The smallest absolute Gasteiger partial charge is 0.272 e. The molecule has 4 rings (SSSR count). The van der Waals surface area contributed by atoms with E-state index in [9.17, 15) is 4.79 Å². The van der Waals surface area contributed by atoms with Crippen LogP contribution in [0.3, 0.4) is 0 Å². The van der Waals surface area contributed by atoms with Crippen LogP contribution in [0.25, 0.3) is 16.8 Å². The Kier molecular flexibility index (Phi) is 4.48. The van der Waals surface area contributed by atoms with E-state index >= 15 is 0 Å². The zero-order chi connectivity index (χ0) is 18.1. The van der Waals surface area contributed by atoms with E-state index in [1.807, 2.05) is 30.3 Å². The summed E-state index contributed by atoms with van der Waals surface area (Å²) in [5.41, 5.74) is 9.83. The van der Waals surface area contributed by atoms with Gasteiger partial charge in [-0.2, -0.15) is 0 Å². The maximum atomic E-state index is 12.6. The van der Waals surface area contributed by atoms with Crippen molar-refractivity contribution in [2.45, 2.75) is 23.4 Å². The average molecular weight is 384 g/mol. The second-order valence-corrected chi connectivity index (χ2v) is 7.86. The number of thioether (sulfide) groups is 1. The monoisotopic (exact) mass is 384 g/mol. The zero-order valence-electron chi connectivity index (χ0n) is 14.0. The van der Waals surface area contributed by atoms with E-state index in [0.717, 1.165) is 27.6 Å². The maximum absolute atomic E-state index is 12.6. The molecule has 7 nitrogen and oxygen atoms in total. The Bertz CT molecular complexity index is 1120. The molecule has 0 aliphatic heterocycles. The number of nitrogens with zero attached hydrogens (tertiary/aromatic N) is 4. The Morgan fingerprint density at radius 1 is 1.27 bits per heavy atom. The number of hydrogen-bond donors (Lipinski definition) is 2. The second kappa shape index (κ2) is 6.93. The van der Waals surface area contributed by atoms with Crippen LogP contribution in [0.1, 0.15) is 18.3 Å². The third-order valence-corrected chi connectivity index (χ3v) is 5.84. The molecule has 0 unspecified atom stereocenters. The van der Waals surface area contributed by atoms with Crippen LogP contribution in [0.4, 0.5) is 5.13 Å². The highest BCUT2D eigenvalue weighted by molar-refractivity contribution is 8.00. The molecule has 0 radical (unpaired) electrons. The van der Waals surface area contributed by atoms with Crippen molar-refractivity contribution in [1.29, 1.82) is 0 Å². The van der Waals surface area contributed by atoms with Crippen molar-refractivity contribution in [2.75, 3.05) is 5.73 Å². The van der Waals surface area contributed by atoms with Gasteiger partial charge in [0.15, 0.2) is 9.99 Å². The van der Waals surface area contributed by atoms with Gasteiger partial charge in [0.25, 0.3) is 5.56 Å². The van der Waals surface area contributed by atoms with Crippen molar-refractivity contribution < 1.29 is 0 Å². The van der Waals surface area contributed by atoms with E-state index in [1.165, 1.54) is 27.6 Å². The first-order valence-electron chi connectivity index (χ1n) is 8.06. The minimum Gasteiger partial charge on any atom is -0.374 e. The second-order valence-electron chi connectivity index (χ2n) is 5.62. The van der Waals surface area contributed by atoms with Gasteiger partial charge in [-0.05, 0) is 12.0 Å². The standard InChI is InChI=1S/C17H16N6OS2/c1-2-12-14(10-6-4-3-5-7-10)15-19-11(8-13(24)23(15)22-12)9-25-17-21-20-16(18)26-17/h3-8,22H,2,9H2,1H3,(H2,18,20). The Hall–Kier alpha value is -2.65. The van der Waals surface area contributed by atoms with Gasteiger partial charge in [-0.3, -0.25) is 9.89 Å². The Morgan fingerprint density at radius 3 is 2.77 bits per heavy atom. The number of hydrogen-bond acceptors (Lipinski definition) is 7. The van der Waals surface area contributed by atoms with Gasteiger partial charge >= 0.3 is 0 Å². The normalized spacial score (nSPS) is 11.3. The summed E-state index contributed by atoms with van der Waals surface area (Å²) in [6.07, 6.45) is 0.779. The summed E-state index contributed by atoms with van der Waals surface area (Å²) in [6, 6.07) is 11.5. The molecule has 9 heteroatoms. The van der Waals surface area contributed by atoms with Crippen molar-refractivity contribution >= 4 is 33.9 Å². The summed E-state index contributed by atoms with van der Waals surface area (Å²) >= 11 is 2.79. The number of aromatic nitrogens is 5. The fourth-order valence-corrected chi connectivity index (χ4v) is 4.31. The molecule has 0 aliphatic rings. The Balaban J connectivity index is 1.78. The first-order valence-corrected chi connectivity index (χ1v) is 9.86. The molecule has 132 valence electrons. The third-order valence-electron chi connectivity index (χ3n) is 3.93. The first-order chi connectivity index (χ1) is 12.7. The van der Waals surface area contributed by atoms with Gasteiger partial charge in [-0.1, -0.05) is 60.4 Å². The number of nitrogen functional groups attached to an aromatic ring is 1.